The highest BCUT2D eigenvalue weighted by Crippen LogP contribution is 2.25. The molecule has 0 fully saturated rings. The maximum Gasteiger partial charge on any atom is 0.267 e. The van der Waals surface area contributed by atoms with E-state index >= 15 is 0 Å². The van der Waals surface area contributed by atoms with Crippen molar-refractivity contribution < 1.29 is 12.9 Å². The molecule has 20 heavy (non-hydrogen) atoms. The first-order valence-corrected chi connectivity index (χ1v) is 7.09. The van der Waals surface area contributed by atoms with Crippen LogP contribution in [0.2, 0.25) is 0 Å². The van der Waals surface area contributed by atoms with E-state index in [2.05, 4.69) is 9.88 Å². The van der Waals surface area contributed by atoms with E-state index in [1.165, 1.54) is 32.0 Å². The van der Waals surface area contributed by atoms with Gasteiger partial charge >= 0.3 is 0 Å². The zero-order valence-corrected chi connectivity index (χ0v) is 11.7. The number of hydrogen-bond acceptors (Lipinski definition) is 6. The molecule has 2 rings (SSSR count). The smallest absolute Gasteiger partial charge is 0.267 e. The Morgan fingerprint density at radius 3 is 2.65 bits per heavy atom. The van der Waals surface area contributed by atoms with Crippen LogP contribution in [0.5, 0.6) is 0 Å². The topological polar surface area (TPSA) is 122 Å². The van der Waals surface area contributed by atoms with E-state index in [1.807, 2.05) is 6.07 Å². The molecule has 3 N–H and O–H groups in total. The number of nitrogens with zero attached hydrogens (tertiary/aromatic N) is 2. The highest BCUT2D eigenvalue weighted by Gasteiger charge is 2.25. The molecule has 0 bridgehead atoms. The summed E-state index contributed by atoms with van der Waals surface area (Å²) in [6, 6.07) is 6.22. The van der Waals surface area contributed by atoms with Crippen molar-refractivity contribution in [2.45, 2.75) is 18.7 Å². The average Bonchev–Trinajstić information content (AvgIpc) is 2.71. The summed E-state index contributed by atoms with van der Waals surface area (Å²) in [5.41, 5.74) is 6.48. The molecular weight excluding hydrogens is 280 g/mol. The number of nitrogens with one attached hydrogen (secondary N) is 1. The number of aromatic nitrogens is 1. The molecule has 0 aliphatic rings. The molecule has 104 valence electrons. The number of aryl methyl sites for hydroxylation is 2. The second kappa shape index (κ2) is 4.86. The Kier molecular flexibility index (Phi) is 3.38. The van der Waals surface area contributed by atoms with Crippen LogP contribution in [0.15, 0.2) is 27.6 Å². The van der Waals surface area contributed by atoms with Gasteiger partial charge in [0.25, 0.3) is 10.0 Å². The van der Waals surface area contributed by atoms with Gasteiger partial charge in [0.2, 0.25) is 0 Å². The largest absolute Gasteiger partial charge is 0.399 e. The maximum absolute atomic E-state index is 12.3. The minimum Gasteiger partial charge on any atom is -0.399 e. The summed E-state index contributed by atoms with van der Waals surface area (Å²) in [5.74, 6) is 0.184. The van der Waals surface area contributed by atoms with Gasteiger partial charge in [-0.1, -0.05) is 5.16 Å². The fourth-order valence-corrected chi connectivity index (χ4v) is 3.21. The van der Waals surface area contributed by atoms with E-state index in [0.717, 1.165) is 0 Å². The first-order valence-electron chi connectivity index (χ1n) is 5.60. The van der Waals surface area contributed by atoms with Crippen LogP contribution in [0.1, 0.15) is 17.0 Å². The molecule has 0 saturated carbocycles. The van der Waals surface area contributed by atoms with Crippen molar-refractivity contribution in [1.82, 2.24) is 5.16 Å². The first-order chi connectivity index (χ1) is 9.35. The van der Waals surface area contributed by atoms with Crippen molar-refractivity contribution >= 4 is 21.4 Å². The lowest BCUT2D eigenvalue weighted by molar-refractivity contribution is 0.390. The molecular formula is C12H12N4O3S. The van der Waals surface area contributed by atoms with Crippen LogP contribution in [0.25, 0.3) is 0 Å². The van der Waals surface area contributed by atoms with Gasteiger partial charge < -0.3 is 10.3 Å². The Labute approximate surface area is 116 Å². The third-order valence-corrected chi connectivity index (χ3v) is 4.25. The van der Waals surface area contributed by atoms with Crippen LogP contribution in [0.3, 0.4) is 0 Å². The average molecular weight is 292 g/mol. The van der Waals surface area contributed by atoms with E-state index in [9.17, 15) is 8.42 Å². The Morgan fingerprint density at radius 1 is 1.40 bits per heavy atom. The van der Waals surface area contributed by atoms with Crippen LogP contribution < -0.4 is 10.5 Å². The summed E-state index contributed by atoms with van der Waals surface area (Å²) < 4.78 is 31.8. The molecule has 0 unspecified atom stereocenters. The highest BCUT2D eigenvalue weighted by molar-refractivity contribution is 7.92. The Balaban J connectivity index is 2.47. The summed E-state index contributed by atoms with van der Waals surface area (Å²) in [4.78, 5) is -0.0294. The van der Waals surface area contributed by atoms with Crippen molar-refractivity contribution in [3.8, 4) is 6.07 Å². The van der Waals surface area contributed by atoms with Gasteiger partial charge in [-0.25, -0.2) is 8.42 Å². The lowest BCUT2D eigenvalue weighted by Crippen LogP contribution is -2.15. The lowest BCUT2D eigenvalue weighted by Gasteiger charge is -2.09. The van der Waals surface area contributed by atoms with E-state index in [4.69, 9.17) is 15.5 Å². The van der Waals surface area contributed by atoms with Crippen molar-refractivity contribution in [2.75, 3.05) is 10.5 Å². The SMILES string of the molecule is Cc1noc(C)c1S(=O)(=O)Nc1ccc(N)cc1C#N. The van der Waals surface area contributed by atoms with E-state index in [1.54, 1.807) is 0 Å². The van der Waals surface area contributed by atoms with Gasteiger partial charge in [-0.15, -0.1) is 0 Å². The Hall–Kier alpha value is -2.53. The molecule has 0 aliphatic heterocycles. The van der Waals surface area contributed by atoms with Crippen molar-refractivity contribution in [1.29, 1.82) is 5.26 Å². The first kappa shape index (κ1) is 13.9. The predicted molar refractivity (Wildman–Crippen MR) is 72.4 cm³/mol. The number of rotatable bonds is 3. The molecule has 7 nitrogen and oxygen atoms in total. The van der Waals surface area contributed by atoms with Gasteiger partial charge in [0.15, 0.2) is 10.7 Å². The third kappa shape index (κ3) is 2.44. The minimum atomic E-state index is -3.87. The number of nitriles is 1. The molecule has 0 radical (unpaired) electrons. The minimum absolute atomic E-state index is 0.0294. The molecule has 0 spiro atoms. The summed E-state index contributed by atoms with van der Waals surface area (Å²) >= 11 is 0. The summed E-state index contributed by atoms with van der Waals surface area (Å²) in [7, 11) is -3.87. The second-order valence-corrected chi connectivity index (χ2v) is 5.79. The number of benzene rings is 1. The van der Waals surface area contributed by atoms with Crippen LogP contribution in [0, 0.1) is 25.2 Å². The van der Waals surface area contributed by atoms with Gasteiger partial charge in [0, 0.05) is 5.69 Å². The molecule has 1 aromatic heterocycles. The predicted octanol–water partition coefficient (Wildman–Crippen LogP) is 1.55. The Morgan fingerprint density at radius 2 is 2.10 bits per heavy atom. The van der Waals surface area contributed by atoms with Gasteiger partial charge in [-0.3, -0.25) is 4.72 Å². The van der Waals surface area contributed by atoms with Gasteiger partial charge in [-0.2, -0.15) is 5.26 Å². The fourth-order valence-electron chi connectivity index (χ4n) is 1.80. The zero-order chi connectivity index (χ0) is 14.9. The molecule has 0 saturated heterocycles. The lowest BCUT2D eigenvalue weighted by atomic mass is 10.2. The summed E-state index contributed by atoms with van der Waals surface area (Å²) in [6.07, 6.45) is 0. The molecule has 1 aromatic carbocycles. The van der Waals surface area contributed by atoms with Gasteiger partial charge in [-0.05, 0) is 32.0 Å². The fraction of sp³-hybridized carbons (Fsp3) is 0.167. The Bertz CT molecular complexity index is 783. The molecule has 0 atom stereocenters. The van der Waals surface area contributed by atoms with E-state index in [0.29, 0.717) is 5.69 Å². The molecule has 0 aliphatic carbocycles. The highest BCUT2D eigenvalue weighted by atomic mass is 32.2. The number of hydrogen-bond donors (Lipinski definition) is 2. The van der Waals surface area contributed by atoms with Gasteiger partial charge in [0.1, 0.15) is 11.8 Å². The zero-order valence-electron chi connectivity index (χ0n) is 10.8. The summed E-state index contributed by atoms with van der Waals surface area (Å²) in [6.45, 7) is 3.03. The molecule has 8 heteroatoms. The third-order valence-electron chi connectivity index (χ3n) is 2.64. The van der Waals surface area contributed by atoms with E-state index in [-0.39, 0.29) is 27.6 Å². The van der Waals surface area contributed by atoms with Crippen molar-refractivity contribution in [2.24, 2.45) is 0 Å². The summed E-state index contributed by atoms with van der Waals surface area (Å²) in [5, 5.41) is 12.6. The monoisotopic (exact) mass is 292 g/mol. The normalized spacial score (nSPS) is 11.1. The maximum atomic E-state index is 12.3. The molecule has 0 amide bonds. The van der Waals surface area contributed by atoms with Gasteiger partial charge in [0.05, 0.1) is 11.3 Å². The number of nitrogens with two attached hydrogens (primary N) is 1. The van der Waals surface area contributed by atoms with Crippen LogP contribution in [0.4, 0.5) is 11.4 Å². The van der Waals surface area contributed by atoms with Crippen molar-refractivity contribution in [3.63, 3.8) is 0 Å². The van der Waals surface area contributed by atoms with Crippen molar-refractivity contribution in [3.05, 3.63) is 35.2 Å². The number of sulfonamides is 1. The number of anilines is 2. The van der Waals surface area contributed by atoms with Crippen LogP contribution in [-0.4, -0.2) is 13.6 Å². The second-order valence-electron chi connectivity index (χ2n) is 4.18. The van der Waals surface area contributed by atoms with Crippen LogP contribution in [-0.2, 0) is 10.0 Å². The molecule has 1 heterocycles. The quantitative estimate of drug-likeness (QED) is 0.827. The standard InChI is InChI=1S/C12H12N4O3S/c1-7-12(8(2)19-15-7)20(17,18)16-11-4-3-10(14)5-9(11)6-13/h3-5,16H,14H2,1-2H3. The van der Waals surface area contributed by atoms with E-state index < -0.39 is 10.0 Å². The number of nitrogen functional groups attached to an aromatic ring is 1. The van der Waals surface area contributed by atoms with Crippen LogP contribution >= 0.6 is 0 Å². The molecule has 2 aromatic rings.